The first-order chi connectivity index (χ1) is 6.81. The maximum absolute atomic E-state index is 5.45. The Morgan fingerprint density at radius 2 is 2.36 bits per heavy atom. The Morgan fingerprint density at radius 3 is 3.14 bits per heavy atom. The van der Waals surface area contributed by atoms with Crippen LogP contribution in [0.1, 0.15) is 0 Å². The van der Waals surface area contributed by atoms with Gasteiger partial charge in [0.25, 0.3) is 5.71 Å². The highest BCUT2D eigenvalue weighted by Crippen LogP contribution is 2.15. The molecule has 14 heavy (non-hydrogen) atoms. The van der Waals surface area contributed by atoms with E-state index in [4.69, 9.17) is 10.3 Å². The molecule has 2 aromatic heterocycles. The van der Waals surface area contributed by atoms with Gasteiger partial charge in [-0.1, -0.05) is 5.16 Å². The van der Waals surface area contributed by atoms with Crippen molar-refractivity contribution in [1.82, 2.24) is 10.1 Å². The van der Waals surface area contributed by atoms with Crippen LogP contribution < -0.4 is 10.6 Å². The number of rotatable bonds is 3. The van der Waals surface area contributed by atoms with E-state index in [1.807, 2.05) is 24.1 Å². The standard InChI is InChI=1S/C9H12N4O/c1-13(5-4-10)8-3-2-7-6-11-14-9(7)12-8/h2-3,6H,4-5,10H2,1H3. The highest BCUT2D eigenvalue weighted by Gasteiger charge is 2.04. The van der Waals surface area contributed by atoms with Crippen molar-refractivity contribution in [3.8, 4) is 0 Å². The Kier molecular flexibility index (Phi) is 2.32. The van der Waals surface area contributed by atoms with E-state index in [9.17, 15) is 0 Å². The van der Waals surface area contributed by atoms with Crippen molar-refractivity contribution >= 4 is 16.9 Å². The number of anilines is 1. The number of likely N-dealkylation sites (N-methyl/N-ethyl adjacent to an activating group) is 1. The molecule has 74 valence electrons. The molecule has 0 radical (unpaired) electrons. The molecule has 0 spiro atoms. The predicted molar refractivity (Wildman–Crippen MR) is 54.1 cm³/mol. The number of fused-ring (bicyclic) bond motifs is 1. The van der Waals surface area contributed by atoms with Crippen molar-refractivity contribution < 1.29 is 4.52 Å². The van der Waals surface area contributed by atoms with Crippen LogP contribution in [0.5, 0.6) is 0 Å². The maximum atomic E-state index is 5.45. The molecule has 5 nitrogen and oxygen atoms in total. The maximum Gasteiger partial charge on any atom is 0.259 e. The lowest BCUT2D eigenvalue weighted by molar-refractivity contribution is 0.448. The molecule has 0 unspecified atom stereocenters. The van der Waals surface area contributed by atoms with Gasteiger partial charge in [-0.25, -0.2) is 0 Å². The fraction of sp³-hybridized carbons (Fsp3) is 0.333. The van der Waals surface area contributed by atoms with E-state index < -0.39 is 0 Å². The molecule has 0 saturated heterocycles. The first-order valence-electron chi connectivity index (χ1n) is 4.44. The minimum Gasteiger partial charge on any atom is -0.358 e. The SMILES string of the molecule is CN(CCN)c1ccc2cnoc2n1. The molecule has 0 amide bonds. The van der Waals surface area contributed by atoms with Gasteiger partial charge in [-0.05, 0) is 12.1 Å². The van der Waals surface area contributed by atoms with Crippen LogP contribution >= 0.6 is 0 Å². The third kappa shape index (κ3) is 1.54. The van der Waals surface area contributed by atoms with Crippen LogP contribution in [0.3, 0.4) is 0 Å². The lowest BCUT2D eigenvalue weighted by Gasteiger charge is -2.15. The largest absolute Gasteiger partial charge is 0.358 e. The number of nitrogens with two attached hydrogens (primary N) is 1. The average Bonchev–Trinajstić information content (AvgIpc) is 2.64. The second-order valence-electron chi connectivity index (χ2n) is 3.10. The molecule has 0 bridgehead atoms. The summed E-state index contributed by atoms with van der Waals surface area (Å²) in [5.41, 5.74) is 6.02. The van der Waals surface area contributed by atoms with E-state index in [1.165, 1.54) is 0 Å². The van der Waals surface area contributed by atoms with Gasteiger partial charge >= 0.3 is 0 Å². The van der Waals surface area contributed by atoms with Gasteiger partial charge in [0.05, 0.1) is 11.6 Å². The summed E-state index contributed by atoms with van der Waals surface area (Å²) < 4.78 is 4.97. The number of hydrogen-bond acceptors (Lipinski definition) is 5. The van der Waals surface area contributed by atoms with E-state index in [1.54, 1.807) is 6.20 Å². The predicted octanol–water partition coefficient (Wildman–Crippen LogP) is 0.618. The normalized spacial score (nSPS) is 10.7. The van der Waals surface area contributed by atoms with Crippen LogP contribution in [0, 0.1) is 0 Å². The molecule has 2 N–H and O–H groups in total. The molecule has 2 rings (SSSR count). The van der Waals surface area contributed by atoms with E-state index in [2.05, 4.69) is 10.1 Å². The molecule has 0 aromatic carbocycles. The Morgan fingerprint density at radius 1 is 1.50 bits per heavy atom. The van der Waals surface area contributed by atoms with Crippen LogP contribution in [0.25, 0.3) is 11.1 Å². The third-order valence-corrected chi connectivity index (χ3v) is 2.06. The topological polar surface area (TPSA) is 68.2 Å². The fourth-order valence-electron chi connectivity index (χ4n) is 1.27. The minimum atomic E-state index is 0.561. The van der Waals surface area contributed by atoms with Gasteiger partial charge in [-0.15, -0.1) is 0 Å². The van der Waals surface area contributed by atoms with Crippen LogP contribution in [-0.2, 0) is 0 Å². The smallest absolute Gasteiger partial charge is 0.259 e. The Labute approximate surface area is 81.5 Å². The molecule has 0 aliphatic carbocycles. The van der Waals surface area contributed by atoms with Crippen LogP contribution in [-0.4, -0.2) is 30.3 Å². The summed E-state index contributed by atoms with van der Waals surface area (Å²) in [5.74, 6) is 0.847. The van der Waals surface area contributed by atoms with Crippen LogP contribution in [0.4, 0.5) is 5.82 Å². The Balaban J connectivity index is 2.33. The number of hydrogen-bond donors (Lipinski definition) is 1. The van der Waals surface area contributed by atoms with Gasteiger partial charge in [0.2, 0.25) is 0 Å². The van der Waals surface area contributed by atoms with Crippen molar-refractivity contribution in [2.45, 2.75) is 0 Å². The van der Waals surface area contributed by atoms with Gasteiger partial charge in [0, 0.05) is 20.1 Å². The summed E-state index contributed by atoms with van der Waals surface area (Å²) in [5, 5.41) is 4.58. The van der Waals surface area contributed by atoms with Gasteiger partial charge in [-0.3, -0.25) is 0 Å². The summed E-state index contributed by atoms with van der Waals surface area (Å²) in [6.07, 6.45) is 1.65. The molecule has 0 saturated carbocycles. The van der Waals surface area contributed by atoms with Crippen molar-refractivity contribution in [3.05, 3.63) is 18.3 Å². The zero-order valence-electron chi connectivity index (χ0n) is 7.97. The summed E-state index contributed by atoms with van der Waals surface area (Å²) in [6.45, 7) is 1.37. The number of aromatic nitrogens is 2. The zero-order chi connectivity index (χ0) is 9.97. The number of nitrogens with zero attached hydrogens (tertiary/aromatic N) is 3. The van der Waals surface area contributed by atoms with E-state index in [-0.39, 0.29) is 0 Å². The third-order valence-electron chi connectivity index (χ3n) is 2.06. The van der Waals surface area contributed by atoms with Crippen molar-refractivity contribution in [1.29, 1.82) is 0 Å². The van der Waals surface area contributed by atoms with Crippen molar-refractivity contribution in [3.63, 3.8) is 0 Å². The van der Waals surface area contributed by atoms with E-state index >= 15 is 0 Å². The molecule has 0 aliphatic rings. The van der Waals surface area contributed by atoms with Gasteiger partial charge in [0.15, 0.2) is 0 Å². The quantitative estimate of drug-likeness (QED) is 0.772. The average molecular weight is 192 g/mol. The van der Waals surface area contributed by atoms with Gasteiger partial charge in [-0.2, -0.15) is 4.98 Å². The van der Waals surface area contributed by atoms with Crippen molar-refractivity contribution in [2.24, 2.45) is 5.73 Å². The highest BCUT2D eigenvalue weighted by atomic mass is 16.5. The molecule has 0 aliphatic heterocycles. The first kappa shape index (κ1) is 8.96. The lowest BCUT2D eigenvalue weighted by atomic mass is 10.3. The van der Waals surface area contributed by atoms with E-state index in [0.29, 0.717) is 12.3 Å². The monoisotopic (exact) mass is 192 g/mol. The molecule has 5 heteroatoms. The van der Waals surface area contributed by atoms with Crippen molar-refractivity contribution in [2.75, 3.05) is 25.0 Å². The summed E-state index contributed by atoms with van der Waals surface area (Å²) in [7, 11) is 1.94. The van der Waals surface area contributed by atoms with E-state index in [0.717, 1.165) is 17.7 Å². The zero-order valence-corrected chi connectivity index (χ0v) is 7.97. The molecule has 2 heterocycles. The minimum absolute atomic E-state index is 0.561. The highest BCUT2D eigenvalue weighted by molar-refractivity contribution is 5.73. The van der Waals surface area contributed by atoms with Gasteiger partial charge in [0.1, 0.15) is 5.82 Å². The molecule has 2 aromatic rings. The summed E-state index contributed by atoms with van der Waals surface area (Å²) in [4.78, 5) is 6.27. The lowest BCUT2D eigenvalue weighted by Crippen LogP contribution is -2.25. The Hall–Kier alpha value is -1.62. The summed E-state index contributed by atoms with van der Waals surface area (Å²) in [6, 6.07) is 3.86. The number of pyridine rings is 1. The first-order valence-corrected chi connectivity index (χ1v) is 4.44. The van der Waals surface area contributed by atoms with Crippen LogP contribution in [0.2, 0.25) is 0 Å². The molecule has 0 atom stereocenters. The summed E-state index contributed by atoms with van der Waals surface area (Å²) >= 11 is 0. The van der Waals surface area contributed by atoms with Gasteiger partial charge < -0.3 is 15.2 Å². The molecular weight excluding hydrogens is 180 g/mol. The molecular formula is C9H12N4O. The second kappa shape index (κ2) is 3.63. The molecule has 0 fully saturated rings. The Bertz CT molecular complexity index is 425. The fourth-order valence-corrected chi connectivity index (χ4v) is 1.27. The van der Waals surface area contributed by atoms with Crippen LogP contribution in [0.15, 0.2) is 22.9 Å². The second-order valence-corrected chi connectivity index (χ2v) is 3.10.